The molecule has 0 radical (unpaired) electrons. The highest BCUT2D eigenvalue weighted by Crippen LogP contribution is 2.31. The van der Waals surface area contributed by atoms with Crippen molar-refractivity contribution in [2.45, 2.75) is 19.3 Å². The molecule has 8 heteroatoms. The molecule has 1 aliphatic carbocycles. The minimum absolute atomic E-state index is 0.00599. The highest BCUT2D eigenvalue weighted by atomic mass is 32.1. The van der Waals surface area contributed by atoms with E-state index in [0.29, 0.717) is 28.0 Å². The number of carbonyl (C=O) groups excluding carboxylic acids is 2. The Morgan fingerprint density at radius 2 is 2.04 bits per heavy atom. The number of anilines is 2. The molecule has 3 rings (SSSR count). The molecule has 0 bridgehead atoms. The highest BCUT2D eigenvalue weighted by Gasteiger charge is 2.30. The maximum Gasteiger partial charge on any atom is 0.230 e. The minimum atomic E-state index is -0.225. The van der Waals surface area contributed by atoms with Gasteiger partial charge in [0.1, 0.15) is 11.5 Å². The molecule has 1 heterocycles. The average Bonchev–Trinajstić information content (AvgIpc) is 3.37. The Morgan fingerprint density at radius 3 is 2.72 bits per heavy atom. The van der Waals surface area contributed by atoms with Gasteiger partial charge in [0, 0.05) is 17.4 Å². The van der Waals surface area contributed by atoms with Gasteiger partial charge in [0.25, 0.3) is 0 Å². The number of rotatable bonds is 7. The molecule has 1 fully saturated rings. The average molecular weight is 361 g/mol. The molecular weight excluding hydrogens is 342 g/mol. The number of hydrogen-bond acceptors (Lipinski definition) is 6. The number of hydrogen-bond donors (Lipinski definition) is 2. The third-order valence-corrected chi connectivity index (χ3v) is 4.56. The van der Waals surface area contributed by atoms with Crippen LogP contribution < -0.4 is 20.1 Å². The van der Waals surface area contributed by atoms with Crippen molar-refractivity contribution in [2.24, 2.45) is 5.92 Å². The van der Waals surface area contributed by atoms with Crippen LogP contribution in [-0.2, 0) is 16.0 Å². The molecule has 0 saturated heterocycles. The summed E-state index contributed by atoms with van der Waals surface area (Å²) in [7, 11) is 3.09. The van der Waals surface area contributed by atoms with E-state index < -0.39 is 0 Å². The van der Waals surface area contributed by atoms with E-state index in [0.717, 1.165) is 12.8 Å². The molecule has 2 amide bonds. The van der Waals surface area contributed by atoms with E-state index in [1.807, 2.05) is 0 Å². The van der Waals surface area contributed by atoms with Crippen molar-refractivity contribution < 1.29 is 19.1 Å². The Bertz CT molecular complexity index is 786. The standard InChI is InChI=1S/C17H19N3O4S/c1-23-12-5-6-14(24-2)13(8-12)19-15(21)7-11-9-25-17(18-11)20-16(22)10-3-4-10/h5-6,8-10H,3-4,7H2,1-2H3,(H,19,21)(H,18,20,22). The van der Waals surface area contributed by atoms with Crippen LogP contribution in [0.1, 0.15) is 18.5 Å². The van der Waals surface area contributed by atoms with Gasteiger partial charge in [0.05, 0.1) is 32.0 Å². The van der Waals surface area contributed by atoms with E-state index >= 15 is 0 Å². The molecule has 2 N–H and O–H groups in total. The summed E-state index contributed by atoms with van der Waals surface area (Å²) in [6.07, 6.45) is 1.99. The molecule has 132 valence electrons. The summed E-state index contributed by atoms with van der Waals surface area (Å²) >= 11 is 1.32. The quantitative estimate of drug-likeness (QED) is 0.791. The molecular formula is C17H19N3O4S. The number of aromatic nitrogens is 1. The summed E-state index contributed by atoms with van der Waals surface area (Å²) in [5, 5.41) is 7.87. The van der Waals surface area contributed by atoms with Gasteiger partial charge in [0.15, 0.2) is 5.13 Å². The fraction of sp³-hybridized carbons (Fsp3) is 0.353. The van der Waals surface area contributed by atoms with Gasteiger partial charge in [-0.15, -0.1) is 11.3 Å². The molecule has 25 heavy (non-hydrogen) atoms. The number of nitrogens with zero attached hydrogens (tertiary/aromatic N) is 1. The van der Waals surface area contributed by atoms with Crippen molar-refractivity contribution in [2.75, 3.05) is 24.9 Å². The van der Waals surface area contributed by atoms with Gasteiger partial charge in [0.2, 0.25) is 11.8 Å². The van der Waals surface area contributed by atoms with Gasteiger partial charge < -0.3 is 20.1 Å². The first kappa shape index (κ1) is 17.2. The number of methoxy groups -OCH3 is 2. The van der Waals surface area contributed by atoms with Crippen molar-refractivity contribution in [3.8, 4) is 11.5 Å². The van der Waals surface area contributed by atoms with Crippen molar-refractivity contribution >= 4 is 34.0 Å². The zero-order valence-corrected chi connectivity index (χ0v) is 14.8. The predicted molar refractivity (Wildman–Crippen MR) is 95.3 cm³/mol. The normalized spacial score (nSPS) is 13.2. The van der Waals surface area contributed by atoms with Crippen LogP contribution >= 0.6 is 11.3 Å². The lowest BCUT2D eigenvalue weighted by molar-refractivity contribution is -0.117. The Labute approximate surface area is 149 Å². The van der Waals surface area contributed by atoms with Crippen LogP contribution in [0.25, 0.3) is 0 Å². The molecule has 1 aliphatic rings. The van der Waals surface area contributed by atoms with Crippen LogP contribution in [0.5, 0.6) is 11.5 Å². The molecule has 0 unspecified atom stereocenters. The summed E-state index contributed by atoms with van der Waals surface area (Å²) in [5.41, 5.74) is 1.14. The number of nitrogens with one attached hydrogen (secondary N) is 2. The first-order valence-corrected chi connectivity index (χ1v) is 8.74. The number of benzene rings is 1. The fourth-order valence-corrected chi connectivity index (χ4v) is 2.98. The van der Waals surface area contributed by atoms with Crippen LogP contribution in [-0.4, -0.2) is 31.0 Å². The van der Waals surface area contributed by atoms with E-state index in [2.05, 4.69) is 15.6 Å². The second-order valence-electron chi connectivity index (χ2n) is 5.70. The van der Waals surface area contributed by atoms with Crippen molar-refractivity contribution in [3.63, 3.8) is 0 Å². The molecule has 0 aliphatic heterocycles. The van der Waals surface area contributed by atoms with Crippen LogP contribution in [0.3, 0.4) is 0 Å². The lowest BCUT2D eigenvalue weighted by Gasteiger charge is -2.11. The topological polar surface area (TPSA) is 89.5 Å². The molecule has 1 aromatic heterocycles. The maximum atomic E-state index is 12.3. The fourth-order valence-electron chi connectivity index (χ4n) is 2.27. The van der Waals surface area contributed by atoms with E-state index in [-0.39, 0.29) is 24.2 Å². The first-order chi connectivity index (χ1) is 12.1. The number of thiazole rings is 1. The monoisotopic (exact) mass is 361 g/mol. The van der Waals surface area contributed by atoms with Crippen LogP contribution in [0.4, 0.5) is 10.8 Å². The number of ether oxygens (including phenoxy) is 2. The zero-order chi connectivity index (χ0) is 17.8. The molecule has 7 nitrogen and oxygen atoms in total. The summed E-state index contributed by atoms with van der Waals surface area (Å²) in [6.45, 7) is 0. The smallest absolute Gasteiger partial charge is 0.230 e. The third-order valence-electron chi connectivity index (χ3n) is 3.75. The summed E-state index contributed by atoms with van der Waals surface area (Å²) < 4.78 is 10.4. The van der Waals surface area contributed by atoms with Crippen molar-refractivity contribution in [1.29, 1.82) is 0 Å². The van der Waals surface area contributed by atoms with Gasteiger partial charge in [-0.25, -0.2) is 4.98 Å². The van der Waals surface area contributed by atoms with Crippen LogP contribution in [0.15, 0.2) is 23.6 Å². The maximum absolute atomic E-state index is 12.3. The van der Waals surface area contributed by atoms with E-state index in [1.54, 1.807) is 30.7 Å². The number of amides is 2. The van der Waals surface area contributed by atoms with Gasteiger partial charge in [-0.05, 0) is 25.0 Å². The second-order valence-corrected chi connectivity index (χ2v) is 6.56. The van der Waals surface area contributed by atoms with E-state index in [1.165, 1.54) is 18.4 Å². The SMILES string of the molecule is COc1ccc(OC)c(NC(=O)Cc2csc(NC(=O)C3CC3)n2)c1. The molecule has 0 atom stereocenters. The number of carbonyl (C=O) groups is 2. The van der Waals surface area contributed by atoms with E-state index in [4.69, 9.17) is 9.47 Å². The van der Waals surface area contributed by atoms with Gasteiger partial charge in [-0.2, -0.15) is 0 Å². The Morgan fingerprint density at radius 1 is 1.24 bits per heavy atom. The van der Waals surface area contributed by atoms with Gasteiger partial charge in [-0.1, -0.05) is 0 Å². The van der Waals surface area contributed by atoms with Crippen molar-refractivity contribution in [3.05, 3.63) is 29.3 Å². The first-order valence-electron chi connectivity index (χ1n) is 7.86. The van der Waals surface area contributed by atoms with Crippen LogP contribution in [0, 0.1) is 5.92 Å². The lowest BCUT2D eigenvalue weighted by Crippen LogP contribution is -2.16. The molecule has 0 spiro atoms. The molecule has 1 aromatic carbocycles. The second kappa shape index (κ2) is 7.52. The highest BCUT2D eigenvalue weighted by molar-refractivity contribution is 7.13. The van der Waals surface area contributed by atoms with Gasteiger partial charge >= 0.3 is 0 Å². The summed E-state index contributed by atoms with van der Waals surface area (Å²) in [4.78, 5) is 28.3. The largest absolute Gasteiger partial charge is 0.497 e. The molecule has 1 saturated carbocycles. The zero-order valence-electron chi connectivity index (χ0n) is 14.0. The predicted octanol–water partition coefficient (Wildman–Crippen LogP) is 2.69. The Kier molecular flexibility index (Phi) is 5.18. The van der Waals surface area contributed by atoms with Crippen molar-refractivity contribution in [1.82, 2.24) is 4.98 Å². The summed E-state index contributed by atoms with van der Waals surface area (Å²) in [6, 6.07) is 5.17. The Balaban J connectivity index is 1.61. The Hall–Kier alpha value is -2.61. The summed E-state index contributed by atoms with van der Waals surface area (Å²) in [5.74, 6) is 1.07. The third kappa shape index (κ3) is 4.48. The minimum Gasteiger partial charge on any atom is -0.497 e. The molecule has 2 aromatic rings. The lowest BCUT2D eigenvalue weighted by atomic mass is 10.2. The van der Waals surface area contributed by atoms with E-state index in [9.17, 15) is 9.59 Å². The van der Waals surface area contributed by atoms with Gasteiger partial charge in [-0.3, -0.25) is 9.59 Å². The van der Waals surface area contributed by atoms with Crippen LogP contribution in [0.2, 0.25) is 0 Å².